The maximum absolute atomic E-state index is 11.9. The van der Waals surface area contributed by atoms with E-state index in [0.717, 1.165) is 0 Å². The number of primary amides is 1. The highest BCUT2D eigenvalue weighted by Gasteiger charge is 2.10. The maximum atomic E-state index is 11.9. The number of anilines is 1. The molecule has 0 aliphatic rings. The predicted molar refractivity (Wildman–Crippen MR) is 66.2 cm³/mol. The summed E-state index contributed by atoms with van der Waals surface area (Å²) in [6.07, 6.45) is 1.46. The molecule has 0 saturated heterocycles. The Bertz CT molecular complexity index is 586. The molecule has 0 fully saturated rings. The number of nitrogens with one attached hydrogen (secondary N) is 2. The fourth-order valence-electron chi connectivity index (χ4n) is 1.50. The number of H-pyrrole nitrogens is 1. The van der Waals surface area contributed by atoms with Gasteiger partial charge in [0.2, 0.25) is 5.91 Å². The van der Waals surface area contributed by atoms with Crippen molar-refractivity contribution in [2.45, 2.75) is 6.92 Å². The molecule has 1 aromatic heterocycles. The van der Waals surface area contributed by atoms with Gasteiger partial charge in [0.25, 0.3) is 5.91 Å². The molecule has 2 rings (SSSR count). The van der Waals surface area contributed by atoms with Crippen LogP contribution in [0.25, 0.3) is 0 Å². The molecule has 1 heterocycles. The molecule has 6 nitrogen and oxygen atoms in total. The number of nitrogens with zero attached hydrogens (tertiary/aromatic N) is 1. The van der Waals surface area contributed by atoms with E-state index in [1.54, 1.807) is 31.2 Å². The molecule has 92 valence electrons. The predicted octanol–water partition coefficient (Wildman–Crippen LogP) is 1.07. The molecule has 0 aliphatic heterocycles. The number of carbonyl (C=O) groups is 2. The summed E-state index contributed by atoms with van der Waals surface area (Å²) < 4.78 is 0. The van der Waals surface area contributed by atoms with Gasteiger partial charge in [-0.05, 0) is 31.2 Å². The lowest BCUT2D eigenvalue weighted by Crippen LogP contribution is -2.13. The quantitative estimate of drug-likeness (QED) is 0.752. The van der Waals surface area contributed by atoms with Crippen LogP contribution in [0.1, 0.15) is 26.4 Å². The molecule has 1 aromatic carbocycles. The first-order valence-electron chi connectivity index (χ1n) is 5.29. The summed E-state index contributed by atoms with van der Waals surface area (Å²) >= 11 is 0. The molecule has 0 atom stereocenters. The molecular formula is C12H12N4O2. The van der Waals surface area contributed by atoms with Crippen LogP contribution in [0.5, 0.6) is 0 Å². The van der Waals surface area contributed by atoms with Gasteiger partial charge in [-0.15, -0.1) is 0 Å². The number of benzene rings is 1. The summed E-state index contributed by atoms with van der Waals surface area (Å²) in [4.78, 5) is 22.7. The van der Waals surface area contributed by atoms with Crippen LogP contribution in [0.4, 0.5) is 5.69 Å². The first-order chi connectivity index (χ1) is 8.58. The molecule has 6 heteroatoms. The second-order valence-corrected chi connectivity index (χ2v) is 3.80. The van der Waals surface area contributed by atoms with E-state index in [2.05, 4.69) is 15.5 Å². The van der Waals surface area contributed by atoms with Crippen LogP contribution < -0.4 is 11.1 Å². The molecule has 0 aliphatic carbocycles. The highest BCUT2D eigenvalue weighted by molar-refractivity contribution is 6.05. The van der Waals surface area contributed by atoms with Gasteiger partial charge in [0.05, 0.1) is 11.8 Å². The second-order valence-electron chi connectivity index (χ2n) is 3.80. The van der Waals surface area contributed by atoms with Gasteiger partial charge in [-0.1, -0.05) is 0 Å². The summed E-state index contributed by atoms with van der Waals surface area (Å²) in [5.74, 6) is -0.758. The van der Waals surface area contributed by atoms with Crippen molar-refractivity contribution in [3.8, 4) is 0 Å². The summed E-state index contributed by atoms with van der Waals surface area (Å²) in [7, 11) is 0. The van der Waals surface area contributed by atoms with E-state index >= 15 is 0 Å². The Hall–Kier alpha value is -2.63. The molecule has 0 spiro atoms. The number of rotatable bonds is 3. The maximum Gasteiger partial charge on any atom is 0.259 e. The highest BCUT2D eigenvalue weighted by Crippen LogP contribution is 2.12. The lowest BCUT2D eigenvalue weighted by Gasteiger charge is -2.04. The Balaban J connectivity index is 2.13. The van der Waals surface area contributed by atoms with Crippen LogP contribution in [0, 0.1) is 6.92 Å². The third-order valence-electron chi connectivity index (χ3n) is 2.50. The van der Waals surface area contributed by atoms with Crippen LogP contribution in [0.15, 0.2) is 30.5 Å². The van der Waals surface area contributed by atoms with E-state index in [9.17, 15) is 9.59 Å². The topological polar surface area (TPSA) is 101 Å². The average Bonchev–Trinajstić information content (AvgIpc) is 2.76. The van der Waals surface area contributed by atoms with Crippen molar-refractivity contribution >= 4 is 17.5 Å². The Morgan fingerprint density at radius 1 is 1.28 bits per heavy atom. The zero-order chi connectivity index (χ0) is 13.1. The minimum Gasteiger partial charge on any atom is -0.366 e. The molecule has 0 saturated carbocycles. The van der Waals surface area contributed by atoms with E-state index < -0.39 is 5.91 Å². The third-order valence-corrected chi connectivity index (χ3v) is 2.50. The number of aromatic amines is 1. The zero-order valence-corrected chi connectivity index (χ0v) is 9.73. The lowest BCUT2D eigenvalue weighted by atomic mass is 10.2. The van der Waals surface area contributed by atoms with Gasteiger partial charge in [0, 0.05) is 16.9 Å². The number of aromatic nitrogens is 2. The Labute approximate surface area is 103 Å². The molecule has 2 amide bonds. The molecule has 0 unspecified atom stereocenters. The van der Waals surface area contributed by atoms with Crippen LogP contribution in [0.3, 0.4) is 0 Å². The van der Waals surface area contributed by atoms with E-state index in [1.807, 2.05) is 0 Å². The van der Waals surface area contributed by atoms with Crippen molar-refractivity contribution in [2.24, 2.45) is 5.73 Å². The van der Waals surface area contributed by atoms with Crippen molar-refractivity contribution < 1.29 is 9.59 Å². The summed E-state index contributed by atoms with van der Waals surface area (Å²) in [6, 6.07) is 6.35. The monoisotopic (exact) mass is 244 g/mol. The minimum absolute atomic E-state index is 0.256. The first-order valence-corrected chi connectivity index (χ1v) is 5.29. The van der Waals surface area contributed by atoms with Gasteiger partial charge in [-0.25, -0.2) is 0 Å². The minimum atomic E-state index is -0.501. The van der Waals surface area contributed by atoms with Crippen LogP contribution in [-0.2, 0) is 0 Å². The van der Waals surface area contributed by atoms with Gasteiger partial charge in [-0.3, -0.25) is 14.7 Å². The van der Waals surface area contributed by atoms with Crippen molar-refractivity contribution in [3.63, 3.8) is 0 Å². The molecule has 0 radical (unpaired) electrons. The lowest BCUT2D eigenvalue weighted by molar-refractivity contribution is 0.0998. The number of hydrogen-bond acceptors (Lipinski definition) is 3. The largest absolute Gasteiger partial charge is 0.366 e. The molecule has 4 N–H and O–H groups in total. The number of aryl methyl sites for hydroxylation is 1. The van der Waals surface area contributed by atoms with Gasteiger partial charge in [0.15, 0.2) is 0 Å². The fraction of sp³-hybridized carbons (Fsp3) is 0.0833. The number of hydrogen-bond donors (Lipinski definition) is 3. The van der Waals surface area contributed by atoms with E-state index in [0.29, 0.717) is 22.5 Å². The Morgan fingerprint density at radius 3 is 2.44 bits per heavy atom. The summed E-state index contributed by atoms with van der Waals surface area (Å²) in [5, 5.41) is 9.16. The van der Waals surface area contributed by atoms with Crippen molar-refractivity contribution in [1.29, 1.82) is 0 Å². The summed E-state index contributed by atoms with van der Waals surface area (Å²) in [6.45, 7) is 1.76. The summed E-state index contributed by atoms with van der Waals surface area (Å²) in [5.41, 5.74) is 7.28. The Morgan fingerprint density at radius 2 is 1.94 bits per heavy atom. The van der Waals surface area contributed by atoms with Gasteiger partial charge >= 0.3 is 0 Å². The normalized spacial score (nSPS) is 10.1. The average molecular weight is 244 g/mol. The van der Waals surface area contributed by atoms with Gasteiger partial charge in [-0.2, -0.15) is 5.10 Å². The third kappa shape index (κ3) is 2.37. The number of carbonyl (C=O) groups excluding carboxylic acids is 2. The molecule has 18 heavy (non-hydrogen) atoms. The smallest absolute Gasteiger partial charge is 0.259 e. The standard InChI is InChI=1S/C12H12N4O2/c1-7-10(6-14-16-7)12(18)15-9-4-2-8(3-5-9)11(13)17/h2-6H,1H3,(H2,13,17)(H,14,16)(H,15,18). The fourth-order valence-corrected chi connectivity index (χ4v) is 1.50. The first kappa shape index (κ1) is 11.8. The highest BCUT2D eigenvalue weighted by atomic mass is 16.2. The van der Waals surface area contributed by atoms with Crippen LogP contribution in [-0.4, -0.2) is 22.0 Å². The molecular weight excluding hydrogens is 232 g/mol. The van der Waals surface area contributed by atoms with Crippen molar-refractivity contribution in [1.82, 2.24) is 10.2 Å². The van der Waals surface area contributed by atoms with Gasteiger partial charge < -0.3 is 11.1 Å². The molecule has 2 aromatic rings. The zero-order valence-electron chi connectivity index (χ0n) is 9.73. The van der Waals surface area contributed by atoms with E-state index in [4.69, 9.17) is 5.73 Å². The van der Waals surface area contributed by atoms with Gasteiger partial charge in [0.1, 0.15) is 0 Å². The SMILES string of the molecule is Cc1[nH]ncc1C(=O)Nc1ccc(C(N)=O)cc1. The van der Waals surface area contributed by atoms with E-state index in [1.165, 1.54) is 6.20 Å². The van der Waals surface area contributed by atoms with Crippen molar-refractivity contribution in [2.75, 3.05) is 5.32 Å². The van der Waals surface area contributed by atoms with Crippen LogP contribution in [0.2, 0.25) is 0 Å². The number of amides is 2. The van der Waals surface area contributed by atoms with E-state index in [-0.39, 0.29) is 5.91 Å². The van der Waals surface area contributed by atoms with Crippen molar-refractivity contribution in [3.05, 3.63) is 47.3 Å². The molecule has 0 bridgehead atoms. The second kappa shape index (κ2) is 4.70. The van der Waals surface area contributed by atoms with Crippen LogP contribution >= 0.6 is 0 Å². The Kier molecular flexibility index (Phi) is 3.09. The number of nitrogens with two attached hydrogens (primary N) is 1.